The maximum atomic E-state index is 12.6. The van der Waals surface area contributed by atoms with Crippen molar-refractivity contribution in [2.75, 3.05) is 0 Å². The minimum atomic E-state index is -4.29. The lowest BCUT2D eigenvalue weighted by Crippen LogP contribution is -2.04. The molecule has 0 N–H and O–H groups in total. The smallest absolute Gasteiger partial charge is 0.166 e. The van der Waals surface area contributed by atoms with Crippen LogP contribution in [0, 0.1) is 24.3 Å². The maximum Gasteiger partial charge on any atom is 0.416 e. The SMILES string of the molecule is Cc1cc(C)c(-c2ccc(C(F)(F)F)cc2)c(C)c1I. The molecule has 0 nitrogen and oxygen atoms in total. The standard InChI is InChI=1S/C16H14F3I/c1-9-8-10(2)15(20)11(3)14(9)12-4-6-13(7-5-12)16(17,18)19/h4-8H,1-3H3. The van der Waals surface area contributed by atoms with Crippen LogP contribution in [-0.2, 0) is 6.18 Å². The summed E-state index contributed by atoms with van der Waals surface area (Å²) in [6.07, 6.45) is -4.29. The predicted molar refractivity (Wildman–Crippen MR) is 83.8 cm³/mol. The van der Waals surface area contributed by atoms with E-state index in [9.17, 15) is 13.2 Å². The fraction of sp³-hybridized carbons (Fsp3) is 0.250. The maximum absolute atomic E-state index is 12.6. The van der Waals surface area contributed by atoms with Gasteiger partial charge in [-0.05, 0) is 83.3 Å². The zero-order chi connectivity index (χ0) is 15.1. The molecule has 0 heterocycles. The van der Waals surface area contributed by atoms with Gasteiger partial charge in [-0.2, -0.15) is 13.2 Å². The van der Waals surface area contributed by atoms with Crippen LogP contribution < -0.4 is 0 Å². The van der Waals surface area contributed by atoms with Crippen LogP contribution >= 0.6 is 22.6 Å². The van der Waals surface area contributed by atoms with E-state index >= 15 is 0 Å². The first-order valence-corrected chi connectivity index (χ1v) is 7.23. The van der Waals surface area contributed by atoms with Gasteiger partial charge in [0.2, 0.25) is 0 Å². The Bertz CT molecular complexity index is 640. The molecule has 106 valence electrons. The molecule has 0 bridgehead atoms. The number of rotatable bonds is 1. The molecular formula is C16H14F3I. The third-order valence-corrected chi connectivity index (χ3v) is 5.04. The lowest BCUT2D eigenvalue weighted by atomic mass is 9.93. The first-order chi connectivity index (χ1) is 9.21. The number of alkyl halides is 3. The van der Waals surface area contributed by atoms with Crippen molar-refractivity contribution < 1.29 is 13.2 Å². The second-order valence-corrected chi connectivity index (χ2v) is 5.98. The van der Waals surface area contributed by atoms with E-state index in [1.54, 1.807) is 12.1 Å². The van der Waals surface area contributed by atoms with Crippen LogP contribution in [-0.4, -0.2) is 0 Å². The average molecular weight is 390 g/mol. The minimum absolute atomic E-state index is 0.613. The van der Waals surface area contributed by atoms with E-state index < -0.39 is 11.7 Å². The minimum Gasteiger partial charge on any atom is -0.166 e. The molecule has 0 atom stereocenters. The summed E-state index contributed by atoms with van der Waals surface area (Å²) in [6.45, 7) is 6.04. The van der Waals surface area contributed by atoms with Crippen LogP contribution in [0.2, 0.25) is 0 Å². The highest BCUT2D eigenvalue weighted by Gasteiger charge is 2.30. The molecule has 0 spiro atoms. The monoisotopic (exact) mass is 390 g/mol. The number of benzene rings is 2. The molecule has 0 amide bonds. The molecule has 0 aromatic heterocycles. The van der Waals surface area contributed by atoms with Gasteiger partial charge in [0.25, 0.3) is 0 Å². The van der Waals surface area contributed by atoms with Crippen LogP contribution in [0.5, 0.6) is 0 Å². The molecule has 0 aliphatic heterocycles. The molecule has 2 aromatic rings. The second-order valence-electron chi connectivity index (χ2n) is 4.90. The summed E-state index contributed by atoms with van der Waals surface area (Å²) in [5, 5.41) is 0. The first kappa shape index (κ1) is 15.4. The zero-order valence-electron chi connectivity index (χ0n) is 11.4. The van der Waals surface area contributed by atoms with Gasteiger partial charge in [-0.25, -0.2) is 0 Å². The van der Waals surface area contributed by atoms with Gasteiger partial charge in [-0.15, -0.1) is 0 Å². The molecule has 20 heavy (non-hydrogen) atoms. The first-order valence-electron chi connectivity index (χ1n) is 6.15. The quantitative estimate of drug-likeness (QED) is 0.532. The second kappa shape index (κ2) is 5.39. The molecule has 0 fully saturated rings. The fourth-order valence-electron chi connectivity index (χ4n) is 2.43. The summed E-state index contributed by atoms with van der Waals surface area (Å²) in [4.78, 5) is 0. The Morgan fingerprint density at radius 3 is 1.95 bits per heavy atom. The van der Waals surface area contributed by atoms with Gasteiger partial charge < -0.3 is 0 Å². The van der Waals surface area contributed by atoms with Crippen LogP contribution in [0.15, 0.2) is 30.3 Å². The van der Waals surface area contributed by atoms with Crippen molar-refractivity contribution in [1.29, 1.82) is 0 Å². The molecule has 0 aliphatic rings. The molecule has 0 unspecified atom stereocenters. The largest absolute Gasteiger partial charge is 0.416 e. The van der Waals surface area contributed by atoms with Gasteiger partial charge in [-0.1, -0.05) is 18.2 Å². The molecule has 0 radical (unpaired) electrons. The Hall–Kier alpha value is -1.04. The summed E-state index contributed by atoms with van der Waals surface area (Å²) in [7, 11) is 0. The Balaban J connectivity index is 2.56. The van der Waals surface area contributed by atoms with Crippen molar-refractivity contribution in [2.45, 2.75) is 26.9 Å². The van der Waals surface area contributed by atoms with E-state index in [4.69, 9.17) is 0 Å². The Morgan fingerprint density at radius 1 is 0.900 bits per heavy atom. The van der Waals surface area contributed by atoms with Crippen molar-refractivity contribution in [2.24, 2.45) is 0 Å². The molecule has 0 saturated heterocycles. The highest BCUT2D eigenvalue weighted by atomic mass is 127. The number of aryl methyl sites for hydroxylation is 2. The number of hydrogen-bond acceptors (Lipinski definition) is 0. The number of halogens is 4. The van der Waals surface area contributed by atoms with Crippen LogP contribution in [0.25, 0.3) is 11.1 Å². The summed E-state index contributed by atoms with van der Waals surface area (Å²) >= 11 is 2.28. The molecule has 0 aliphatic carbocycles. The van der Waals surface area contributed by atoms with Crippen molar-refractivity contribution in [1.82, 2.24) is 0 Å². The van der Waals surface area contributed by atoms with Gasteiger partial charge in [0.15, 0.2) is 0 Å². The normalized spacial score (nSPS) is 11.8. The van der Waals surface area contributed by atoms with Crippen molar-refractivity contribution in [3.8, 4) is 11.1 Å². The van der Waals surface area contributed by atoms with Gasteiger partial charge in [-0.3, -0.25) is 0 Å². The van der Waals surface area contributed by atoms with E-state index in [0.717, 1.165) is 38.0 Å². The third-order valence-electron chi connectivity index (χ3n) is 3.38. The molecule has 4 heteroatoms. The summed E-state index contributed by atoms with van der Waals surface area (Å²) < 4.78 is 38.9. The molecule has 2 rings (SSSR count). The topological polar surface area (TPSA) is 0 Å². The average Bonchev–Trinajstić information content (AvgIpc) is 2.36. The van der Waals surface area contributed by atoms with Gasteiger partial charge in [0.1, 0.15) is 0 Å². The Labute approximate surface area is 130 Å². The van der Waals surface area contributed by atoms with E-state index in [-0.39, 0.29) is 0 Å². The number of hydrogen-bond donors (Lipinski definition) is 0. The Morgan fingerprint density at radius 2 is 1.45 bits per heavy atom. The van der Waals surface area contributed by atoms with Gasteiger partial charge in [0.05, 0.1) is 5.56 Å². The highest BCUT2D eigenvalue weighted by molar-refractivity contribution is 14.1. The van der Waals surface area contributed by atoms with E-state index in [1.807, 2.05) is 20.8 Å². The van der Waals surface area contributed by atoms with Gasteiger partial charge in [0, 0.05) is 3.57 Å². The van der Waals surface area contributed by atoms with Crippen molar-refractivity contribution >= 4 is 22.6 Å². The third kappa shape index (κ3) is 2.85. The lowest BCUT2D eigenvalue weighted by Gasteiger charge is -2.15. The fourth-order valence-corrected chi connectivity index (χ4v) is 2.86. The summed E-state index contributed by atoms with van der Waals surface area (Å²) in [5.41, 5.74) is 4.62. The van der Waals surface area contributed by atoms with Crippen LogP contribution in [0.3, 0.4) is 0 Å². The zero-order valence-corrected chi connectivity index (χ0v) is 13.6. The predicted octanol–water partition coefficient (Wildman–Crippen LogP) is 5.90. The Kier molecular flexibility index (Phi) is 4.14. The molecule has 2 aromatic carbocycles. The van der Waals surface area contributed by atoms with E-state index in [1.165, 1.54) is 5.56 Å². The lowest BCUT2D eigenvalue weighted by molar-refractivity contribution is -0.137. The highest BCUT2D eigenvalue weighted by Crippen LogP contribution is 2.35. The van der Waals surface area contributed by atoms with E-state index in [0.29, 0.717) is 0 Å². The van der Waals surface area contributed by atoms with Crippen LogP contribution in [0.4, 0.5) is 13.2 Å². The summed E-state index contributed by atoms with van der Waals surface area (Å²) in [5.74, 6) is 0. The summed E-state index contributed by atoms with van der Waals surface area (Å²) in [6, 6.07) is 7.44. The van der Waals surface area contributed by atoms with Crippen molar-refractivity contribution in [3.63, 3.8) is 0 Å². The van der Waals surface area contributed by atoms with E-state index in [2.05, 4.69) is 28.7 Å². The van der Waals surface area contributed by atoms with Gasteiger partial charge >= 0.3 is 6.18 Å². The van der Waals surface area contributed by atoms with Crippen LogP contribution in [0.1, 0.15) is 22.3 Å². The van der Waals surface area contributed by atoms with Crippen molar-refractivity contribution in [3.05, 3.63) is 56.2 Å². The molecule has 0 saturated carbocycles. The molecular weight excluding hydrogens is 376 g/mol.